The number of rotatable bonds is 4. The van der Waals surface area contributed by atoms with Crippen LogP contribution in [0.4, 0.5) is 10.2 Å². The van der Waals surface area contributed by atoms with Gasteiger partial charge in [-0.25, -0.2) is 19.3 Å². The molecule has 3 unspecified atom stereocenters. The molecule has 4 heterocycles. The summed E-state index contributed by atoms with van der Waals surface area (Å²) in [7, 11) is 0. The second kappa shape index (κ2) is 8.47. The minimum atomic E-state index is -0.505. The van der Waals surface area contributed by atoms with Crippen molar-refractivity contribution in [3.8, 4) is 11.4 Å². The highest BCUT2D eigenvalue weighted by Gasteiger charge is 2.44. The summed E-state index contributed by atoms with van der Waals surface area (Å²) in [5, 5.41) is 4.03. The number of anilines is 1. The van der Waals surface area contributed by atoms with E-state index >= 15 is 0 Å². The van der Waals surface area contributed by atoms with E-state index in [0.29, 0.717) is 23.3 Å². The molecule has 2 bridgehead atoms. The Morgan fingerprint density at radius 3 is 2.75 bits per heavy atom. The molecule has 0 radical (unpaired) electrons. The van der Waals surface area contributed by atoms with E-state index in [1.54, 1.807) is 36.8 Å². The molecule has 3 aromatic rings. The van der Waals surface area contributed by atoms with Crippen molar-refractivity contribution in [3.63, 3.8) is 0 Å². The van der Waals surface area contributed by atoms with E-state index in [-0.39, 0.29) is 34.9 Å². The molecule has 6 rings (SSSR count). The Hall–Kier alpha value is -3.06. The van der Waals surface area contributed by atoms with Gasteiger partial charge < -0.3 is 10.2 Å². The van der Waals surface area contributed by atoms with Crippen LogP contribution in [0, 0.1) is 18.7 Å². The maximum absolute atomic E-state index is 14.8. The Morgan fingerprint density at radius 2 is 2.00 bits per heavy atom. The monoisotopic (exact) mass is 451 g/mol. The molecule has 2 aliphatic heterocycles. The minimum Gasteiger partial charge on any atom is -0.364 e. The van der Waals surface area contributed by atoms with Gasteiger partial charge in [-0.15, -0.1) is 0 Å². The number of pyridine rings is 1. The maximum atomic E-state index is 14.8. The van der Waals surface area contributed by atoms with Gasteiger partial charge in [0.2, 0.25) is 0 Å². The number of hydrogen-bond acceptors (Lipinski definition) is 5. The van der Waals surface area contributed by atoms with Crippen LogP contribution in [0.1, 0.15) is 35.2 Å². The number of nitrogens with one attached hydrogen (secondary N) is 1. The number of halogens is 2. The lowest BCUT2D eigenvalue weighted by Crippen LogP contribution is -2.59. The van der Waals surface area contributed by atoms with Crippen molar-refractivity contribution in [2.45, 2.75) is 38.3 Å². The van der Waals surface area contributed by atoms with Crippen LogP contribution in [0.25, 0.3) is 11.4 Å². The molecule has 6 nitrogen and oxygen atoms in total. The van der Waals surface area contributed by atoms with Gasteiger partial charge in [0.05, 0.1) is 22.2 Å². The van der Waals surface area contributed by atoms with Crippen molar-refractivity contribution in [3.05, 3.63) is 70.9 Å². The molecule has 1 saturated carbocycles. The molecule has 1 N–H and O–H groups in total. The molecule has 2 saturated heterocycles. The average Bonchev–Trinajstić information content (AvgIpc) is 2.81. The molecule has 0 spiro atoms. The Labute approximate surface area is 190 Å². The molecule has 1 amide bonds. The van der Waals surface area contributed by atoms with Crippen molar-refractivity contribution < 1.29 is 9.18 Å². The van der Waals surface area contributed by atoms with E-state index < -0.39 is 5.82 Å². The van der Waals surface area contributed by atoms with Crippen molar-refractivity contribution >= 4 is 23.3 Å². The number of piperidine rings is 2. The number of nitrogens with zero attached hydrogens (tertiary/aromatic N) is 4. The van der Waals surface area contributed by atoms with E-state index in [9.17, 15) is 9.18 Å². The van der Waals surface area contributed by atoms with Gasteiger partial charge in [0, 0.05) is 31.2 Å². The lowest BCUT2D eigenvalue weighted by atomic mass is 9.76. The normalized spacial score (nSPS) is 22.1. The van der Waals surface area contributed by atoms with Crippen LogP contribution in [-0.4, -0.2) is 44.4 Å². The molecule has 3 aliphatic rings. The number of hydrogen-bond donors (Lipinski definition) is 1. The summed E-state index contributed by atoms with van der Waals surface area (Å²) in [4.78, 5) is 28.3. The summed E-state index contributed by atoms with van der Waals surface area (Å²) >= 11 is 6.39. The SMILES string of the molecule is Cc1cnc(NC2CC3CCC2N(C(=O)c2cccc(F)c2-c2ncccn2)C3)c(Cl)c1. The summed E-state index contributed by atoms with van der Waals surface area (Å²) in [6.07, 6.45) is 7.76. The average molecular weight is 452 g/mol. The Morgan fingerprint density at radius 1 is 1.19 bits per heavy atom. The third kappa shape index (κ3) is 3.81. The quantitative estimate of drug-likeness (QED) is 0.620. The van der Waals surface area contributed by atoms with Gasteiger partial charge in [-0.3, -0.25) is 4.79 Å². The zero-order valence-electron chi connectivity index (χ0n) is 17.6. The third-order valence-corrected chi connectivity index (χ3v) is 6.66. The van der Waals surface area contributed by atoms with Crippen LogP contribution in [-0.2, 0) is 0 Å². The first kappa shape index (κ1) is 20.8. The molecule has 2 aromatic heterocycles. The van der Waals surface area contributed by atoms with Crippen LogP contribution in [0.3, 0.4) is 0 Å². The molecule has 3 fully saturated rings. The Bertz CT molecular complexity index is 1160. The molecule has 8 heteroatoms. The first-order chi connectivity index (χ1) is 15.5. The van der Waals surface area contributed by atoms with E-state index in [1.165, 1.54) is 6.07 Å². The van der Waals surface area contributed by atoms with Crippen molar-refractivity contribution in [1.29, 1.82) is 0 Å². The minimum absolute atomic E-state index is 0.0283. The predicted molar refractivity (Wildman–Crippen MR) is 121 cm³/mol. The van der Waals surface area contributed by atoms with E-state index in [4.69, 9.17) is 11.6 Å². The van der Waals surface area contributed by atoms with Gasteiger partial charge in [-0.2, -0.15) is 0 Å². The summed E-state index contributed by atoms with van der Waals surface area (Å²) in [6.45, 7) is 2.60. The lowest BCUT2D eigenvalue weighted by molar-refractivity contribution is 0.0282. The number of benzene rings is 1. The van der Waals surface area contributed by atoms with Crippen LogP contribution in [0.2, 0.25) is 5.02 Å². The number of aryl methyl sites for hydroxylation is 1. The topological polar surface area (TPSA) is 71.0 Å². The molecule has 164 valence electrons. The summed E-state index contributed by atoms with van der Waals surface area (Å²) in [5.74, 6) is 0.508. The number of carbonyl (C=O) groups is 1. The van der Waals surface area contributed by atoms with Crippen LogP contribution in [0.5, 0.6) is 0 Å². The molecule has 3 atom stereocenters. The highest BCUT2D eigenvalue weighted by atomic mass is 35.5. The fraction of sp³-hybridized carbons (Fsp3) is 0.333. The summed E-state index contributed by atoms with van der Waals surface area (Å²) in [6, 6.07) is 8.09. The van der Waals surface area contributed by atoms with Gasteiger partial charge >= 0.3 is 0 Å². The maximum Gasteiger partial charge on any atom is 0.255 e. The molecular weight excluding hydrogens is 429 g/mol. The first-order valence-electron chi connectivity index (χ1n) is 10.8. The van der Waals surface area contributed by atoms with Gasteiger partial charge in [0.1, 0.15) is 11.6 Å². The van der Waals surface area contributed by atoms with Gasteiger partial charge in [-0.05, 0) is 61.9 Å². The van der Waals surface area contributed by atoms with Gasteiger partial charge in [0.25, 0.3) is 5.91 Å². The van der Waals surface area contributed by atoms with Crippen molar-refractivity contribution in [2.75, 3.05) is 11.9 Å². The van der Waals surface area contributed by atoms with E-state index in [2.05, 4.69) is 20.3 Å². The number of aromatic nitrogens is 3. The predicted octanol–water partition coefficient (Wildman–Crippen LogP) is 4.74. The van der Waals surface area contributed by atoms with Crippen LogP contribution < -0.4 is 5.32 Å². The summed E-state index contributed by atoms with van der Waals surface area (Å²) in [5.41, 5.74) is 1.42. The second-order valence-electron chi connectivity index (χ2n) is 8.53. The smallest absolute Gasteiger partial charge is 0.255 e. The zero-order chi connectivity index (χ0) is 22.2. The molecule has 32 heavy (non-hydrogen) atoms. The molecular formula is C24H23ClFN5O. The number of carbonyl (C=O) groups excluding carboxylic acids is 1. The zero-order valence-corrected chi connectivity index (χ0v) is 18.4. The lowest BCUT2D eigenvalue weighted by Gasteiger charge is -2.50. The largest absolute Gasteiger partial charge is 0.364 e. The highest BCUT2D eigenvalue weighted by Crippen LogP contribution is 2.39. The Balaban J connectivity index is 1.45. The fourth-order valence-corrected chi connectivity index (χ4v) is 5.19. The van der Waals surface area contributed by atoms with Crippen molar-refractivity contribution in [2.24, 2.45) is 5.92 Å². The second-order valence-corrected chi connectivity index (χ2v) is 8.94. The molecule has 1 aromatic carbocycles. The van der Waals surface area contributed by atoms with Crippen molar-refractivity contribution in [1.82, 2.24) is 19.9 Å². The van der Waals surface area contributed by atoms with E-state index in [0.717, 1.165) is 24.8 Å². The highest BCUT2D eigenvalue weighted by molar-refractivity contribution is 6.33. The van der Waals surface area contributed by atoms with Gasteiger partial charge in [0.15, 0.2) is 5.82 Å². The standard InChI is InChI=1S/C24H23ClFN5O/c1-14-10-17(25)22(29-12-14)30-19-11-15-6-7-20(19)31(13-15)24(32)16-4-2-5-18(26)21(16)23-27-8-3-9-28-23/h2-5,8-10,12,15,19-20H,6-7,11,13H2,1H3,(H,29,30). The van der Waals surface area contributed by atoms with Crippen LogP contribution in [0.15, 0.2) is 48.9 Å². The molecule has 1 aliphatic carbocycles. The Kier molecular flexibility index (Phi) is 5.51. The van der Waals surface area contributed by atoms with E-state index in [1.807, 2.05) is 17.9 Å². The fourth-order valence-electron chi connectivity index (χ4n) is 4.91. The number of amides is 1. The van der Waals surface area contributed by atoms with Gasteiger partial charge in [-0.1, -0.05) is 17.7 Å². The number of fused-ring (bicyclic) bond motifs is 3. The first-order valence-corrected chi connectivity index (χ1v) is 11.1. The third-order valence-electron chi connectivity index (χ3n) is 6.37. The summed E-state index contributed by atoms with van der Waals surface area (Å²) < 4.78 is 14.8. The van der Waals surface area contributed by atoms with Crippen LogP contribution >= 0.6 is 11.6 Å².